The van der Waals surface area contributed by atoms with E-state index >= 15 is 0 Å². The molecule has 2 heterocycles. The highest BCUT2D eigenvalue weighted by Crippen LogP contribution is 2.22. The zero-order chi connectivity index (χ0) is 17.0. The Morgan fingerprint density at radius 1 is 1.09 bits per heavy atom. The molecule has 1 aliphatic rings. The lowest BCUT2D eigenvalue weighted by Crippen LogP contribution is -2.45. The van der Waals surface area contributed by atoms with Crippen LogP contribution < -0.4 is 9.80 Å². The van der Waals surface area contributed by atoms with Crippen LogP contribution in [0.25, 0.3) is 0 Å². The summed E-state index contributed by atoms with van der Waals surface area (Å²) in [6, 6.07) is 0.671. The fourth-order valence-corrected chi connectivity index (χ4v) is 3.08. The highest BCUT2D eigenvalue weighted by Gasteiger charge is 2.24. The van der Waals surface area contributed by atoms with Gasteiger partial charge in [-0.05, 0) is 40.9 Å². The Labute approximate surface area is 141 Å². The first kappa shape index (κ1) is 17.9. The van der Waals surface area contributed by atoms with Crippen LogP contribution in [0.3, 0.4) is 0 Å². The van der Waals surface area contributed by atoms with Crippen LogP contribution >= 0.6 is 0 Å². The van der Waals surface area contributed by atoms with Gasteiger partial charge in [0.15, 0.2) is 0 Å². The first-order valence-corrected chi connectivity index (χ1v) is 8.49. The van der Waals surface area contributed by atoms with Gasteiger partial charge in [0, 0.05) is 58.1 Å². The lowest BCUT2D eigenvalue weighted by molar-refractivity contribution is 0.190. The number of anilines is 2. The average molecular weight is 320 g/mol. The molecule has 1 saturated heterocycles. The summed E-state index contributed by atoms with van der Waals surface area (Å²) in [5.74, 6) is 1.88. The van der Waals surface area contributed by atoms with E-state index < -0.39 is 0 Å². The van der Waals surface area contributed by atoms with Crippen LogP contribution in [0, 0.1) is 6.92 Å². The molecule has 1 fully saturated rings. The molecule has 23 heavy (non-hydrogen) atoms. The van der Waals surface area contributed by atoms with Gasteiger partial charge < -0.3 is 19.6 Å². The van der Waals surface area contributed by atoms with E-state index in [1.165, 1.54) is 12.8 Å². The summed E-state index contributed by atoms with van der Waals surface area (Å²) in [5, 5.41) is 0. The van der Waals surface area contributed by atoms with E-state index in [0.717, 1.165) is 43.5 Å². The smallest absolute Gasteiger partial charge is 0.227 e. The maximum Gasteiger partial charge on any atom is 0.227 e. The molecule has 0 atom stereocenters. The molecule has 0 aliphatic carbocycles. The zero-order valence-corrected chi connectivity index (χ0v) is 15.6. The summed E-state index contributed by atoms with van der Waals surface area (Å²) in [7, 11) is 10.6. The Morgan fingerprint density at radius 2 is 1.74 bits per heavy atom. The Hall–Kier alpha value is -1.40. The molecule has 0 radical (unpaired) electrons. The van der Waals surface area contributed by atoms with Crippen molar-refractivity contribution in [1.29, 1.82) is 0 Å². The fraction of sp³-hybridized carbons (Fsp3) is 0.765. The molecule has 0 saturated carbocycles. The van der Waals surface area contributed by atoms with Gasteiger partial charge in [-0.15, -0.1) is 0 Å². The molecular formula is C17H32N6. The third kappa shape index (κ3) is 4.78. The second-order valence-corrected chi connectivity index (χ2v) is 7.07. The van der Waals surface area contributed by atoms with Crippen LogP contribution in [-0.4, -0.2) is 87.2 Å². The standard InChI is InChI=1S/C17H32N6/c1-14-13-18-17(19-16(14)21(4)5)23-9-7-15(8-10-23)22(6)12-11-20(2)3/h13,15H,7-12H2,1-6H3. The molecule has 0 aromatic carbocycles. The third-order valence-electron chi connectivity index (χ3n) is 4.63. The minimum Gasteiger partial charge on any atom is -0.362 e. The van der Waals surface area contributed by atoms with Crippen molar-refractivity contribution in [2.45, 2.75) is 25.8 Å². The van der Waals surface area contributed by atoms with Crippen LogP contribution in [0.1, 0.15) is 18.4 Å². The van der Waals surface area contributed by atoms with E-state index in [2.05, 4.69) is 52.7 Å². The molecule has 0 unspecified atom stereocenters. The largest absolute Gasteiger partial charge is 0.362 e. The number of aromatic nitrogens is 2. The Bertz CT molecular complexity index is 494. The lowest BCUT2D eigenvalue weighted by Gasteiger charge is -2.37. The predicted octanol–water partition coefficient (Wildman–Crippen LogP) is 1.31. The summed E-state index contributed by atoms with van der Waals surface area (Å²) in [6.45, 7) is 6.37. The number of piperidine rings is 1. The van der Waals surface area contributed by atoms with Gasteiger partial charge in [0.25, 0.3) is 0 Å². The quantitative estimate of drug-likeness (QED) is 0.787. The van der Waals surface area contributed by atoms with Crippen LogP contribution in [0.2, 0.25) is 0 Å². The van der Waals surface area contributed by atoms with Crippen molar-refractivity contribution < 1.29 is 0 Å². The Kier molecular flexibility index (Phi) is 6.18. The van der Waals surface area contributed by atoms with Crippen LogP contribution in [0.15, 0.2) is 6.20 Å². The second kappa shape index (κ2) is 7.93. The van der Waals surface area contributed by atoms with Gasteiger partial charge in [-0.25, -0.2) is 4.98 Å². The molecule has 1 aromatic heterocycles. The van der Waals surface area contributed by atoms with E-state index in [1.54, 1.807) is 0 Å². The first-order chi connectivity index (χ1) is 10.9. The van der Waals surface area contributed by atoms with Gasteiger partial charge in [-0.1, -0.05) is 0 Å². The molecule has 0 amide bonds. The molecule has 2 rings (SSSR count). The molecule has 0 spiro atoms. The lowest BCUT2D eigenvalue weighted by atomic mass is 10.0. The normalized spacial score (nSPS) is 16.4. The Morgan fingerprint density at radius 3 is 2.30 bits per heavy atom. The average Bonchev–Trinajstić information content (AvgIpc) is 2.53. The van der Waals surface area contributed by atoms with Gasteiger partial charge in [-0.2, -0.15) is 4.98 Å². The SMILES string of the molecule is Cc1cnc(N2CCC(N(C)CCN(C)C)CC2)nc1N(C)C. The van der Waals surface area contributed by atoms with Crippen molar-refractivity contribution in [2.24, 2.45) is 0 Å². The number of hydrogen-bond donors (Lipinski definition) is 0. The van der Waals surface area contributed by atoms with E-state index in [-0.39, 0.29) is 0 Å². The number of likely N-dealkylation sites (N-methyl/N-ethyl adjacent to an activating group) is 2. The van der Waals surface area contributed by atoms with Crippen molar-refractivity contribution in [3.63, 3.8) is 0 Å². The Balaban J connectivity index is 1.93. The van der Waals surface area contributed by atoms with Crippen LogP contribution in [0.5, 0.6) is 0 Å². The van der Waals surface area contributed by atoms with E-state index in [4.69, 9.17) is 4.98 Å². The molecular weight excluding hydrogens is 288 g/mol. The molecule has 1 aliphatic heterocycles. The van der Waals surface area contributed by atoms with E-state index in [1.807, 2.05) is 20.3 Å². The van der Waals surface area contributed by atoms with E-state index in [0.29, 0.717) is 6.04 Å². The topological polar surface area (TPSA) is 38.7 Å². The van der Waals surface area contributed by atoms with Crippen molar-refractivity contribution in [1.82, 2.24) is 19.8 Å². The highest BCUT2D eigenvalue weighted by molar-refractivity contribution is 5.48. The summed E-state index contributed by atoms with van der Waals surface area (Å²) in [5.41, 5.74) is 1.12. The van der Waals surface area contributed by atoms with Gasteiger partial charge in [0.2, 0.25) is 5.95 Å². The molecule has 1 aromatic rings. The minimum atomic E-state index is 0.671. The number of hydrogen-bond acceptors (Lipinski definition) is 6. The predicted molar refractivity (Wildman–Crippen MR) is 97.5 cm³/mol. The third-order valence-corrected chi connectivity index (χ3v) is 4.63. The van der Waals surface area contributed by atoms with Crippen LogP contribution in [-0.2, 0) is 0 Å². The number of nitrogens with zero attached hydrogens (tertiary/aromatic N) is 6. The van der Waals surface area contributed by atoms with Crippen molar-refractivity contribution in [3.05, 3.63) is 11.8 Å². The minimum absolute atomic E-state index is 0.671. The highest BCUT2D eigenvalue weighted by atomic mass is 15.3. The fourth-order valence-electron chi connectivity index (χ4n) is 3.08. The molecule has 130 valence electrons. The van der Waals surface area contributed by atoms with Gasteiger partial charge in [0.1, 0.15) is 5.82 Å². The van der Waals surface area contributed by atoms with Gasteiger partial charge in [-0.3, -0.25) is 0 Å². The van der Waals surface area contributed by atoms with Crippen molar-refractivity contribution >= 4 is 11.8 Å². The number of aryl methyl sites for hydroxylation is 1. The second-order valence-electron chi connectivity index (χ2n) is 7.07. The van der Waals surface area contributed by atoms with Crippen LogP contribution in [0.4, 0.5) is 11.8 Å². The monoisotopic (exact) mass is 320 g/mol. The molecule has 6 heteroatoms. The summed E-state index contributed by atoms with van der Waals surface area (Å²) < 4.78 is 0. The molecule has 0 bridgehead atoms. The summed E-state index contributed by atoms with van der Waals surface area (Å²) in [6.07, 6.45) is 4.30. The van der Waals surface area contributed by atoms with Crippen molar-refractivity contribution in [2.75, 3.05) is 71.2 Å². The van der Waals surface area contributed by atoms with Gasteiger partial charge in [0.05, 0.1) is 0 Å². The zero-order valence-electron chi connectivity index (χ0n) is 15.6. The van der Waals surface area contributed by atoms with Gasteiger partial charge >= 0.3 is 0 Å². The van der Waals surface area contributed by atoms with Crippen molar-refractivity contribution in [3.8, 4) is 0 Å². The molecule has 6 nitrogen and oxygen atoms in total. The summed E-state index contributed by atoms with van der Waals surface area (Å²) >= 11 is 0. The van der Waals surface area contributed by atoms with E-state index in [9.17, 15) is 0 Å². The maximum atomic E-state index is 4.75. The summed E-state index contributed by atoms with van der Waals surface area (Å²) in [4.78, 5) is 18.4. The molecule has 0 N–H and O–H groups in total. The number of rotatable bonds is 6. The maximum absolute atomic E-state index is 4.75. The first-order valence-electron chi connectivity index (χ1n) is 8.49.